The molecule has 5 heteroatoms. The Kier molecular flexibility index (Phi) is 4.22. The smallest absolute Gasteiger partial charge is 0.238 e. The maximum absolute atomic E-state index is 12.2. The average Bonchev–Trinajstić information content (AvgIpc) is 3.32. The van der Waals surface area contributed by atoms with Gasteiger partial charge in [0.2, 0.25) is 5.91 Å². The summed E-state index contributed by atoms with van der Waals surface area (Å²) in [5.74, 6) is 0.883. The topological polar surface area (TPSA) is 58.4 Å². The zero-order valence-corrected chi connectivity index (χ0v) is 12.9. The van der Waals surface area contributed by atoms with E-state index in [4.69, 9.17) is 18.0 Å². The van der Waals surface area contributed by atoms with Gasteiger partial charge in [-0.2, -0.15) is 0 Å². The van der Waals surface area contributed by atoms with Crippen LogP contribution < -0.4 is 11.1 Å². The summed E-state index contributed by atoms with van der Waals surface area (Å²) in [5.41, 5.74) is 7.17. The van der Waals surface area contributed by atoms with E-state index >= 15 is 0 Å². The van der Waals surface area contributed by atoms with Crippen molar-refractivity contribution in [3.8, 4) is 0 Å². The third-order valence-corrected chi connectivity index (χ3v) is 4.29. The highest BCUT2D eigenvalue weighted by atomic mass is 32.1. The number of nitrogens with one attached hydrogen (secondary N) is 1. The summed E-state index contributed by atoms with van der Waals surface area (Å²) in [5, 5.41) is 2.95. The fraction of sp³-hybridized carbons (Fsp3) is 0.500. The number of hydrogen-bond donors (Lipinski definition) is 2. The van der Waals surface area contributed by atoms with Gasteiger partial charge in [-0.15, -0.1) is 0 Å². The van der Waals surface area contributed by atoms with Crippen molar-refractivity contribution >= 4 is 28.8 Å². The molecule has 1 aromatic rings. The van der Waals surface area contributed by atoms with Gasteiger partial charge in [0.15, 0.2) is 0 Å². The average molecular weight is 303 g/mol. The van der Waals surface area contributed by atoms with Gasteiger partial charge in [-0.25, -0.2) is 0 Å². The summed E-state index contributed by atoms with van der Waals surface area (Å²) >= 11 is 4.92. The second-order valence-electron chi connectivity index (χ2n) is 6.09. The van der Waals surface area contributed by atoms with Gasteiger partial charge in [-0.1, -0.05) is 12.2 Å². The molecule has 3 rings (SSSR count). The molecular formula is C16H21N3OS. The molecule has 21 heavy (non-hydrogen) atoms. The van der Waals surface area contributed by atoms with Crippen molar-refractivity contribution < 1.29 is 4.79 Å². The standard InChI is InChI=1S/C16H21N3OS/c17-16(21)12-3-5-13(6-4-12)18-15(20)10-19(14-7-8-14)9-11-1-2-11/h3-6,11,14H,1-2,7-10H2,(H2,17,21)(H,18,20). The van der Waals surface area contributed by atoms with Gasteiger partial charge in [0, 0.05) is 23.8 Å². The largest absolute Gasteiger partial charge is 0.389 e. The number of thiocarbonyl (C=S) groups is 1. The Labute approximate surface area is 130 Å². The Morgan fingerprint density at radius 2 is 1.90 bits per heavy atom. The zero-order chi connectivity index (χ0) is 14.8. The number of carbonyl (C=O) groups excluding carboxylic acids is 1. The first kappa shape index (κ1) is 14.5. The number of rotatable bonds is 7. The van der Waals surface area contributed by atoms with Crippen LogP contribution in [0.15, 0.2) is 24.3 Å². The van der Waals surface area contributed by atoms with Crippen molar-refractivity contribution in [3.05, 3.63) is 29.8 Å². The number of nitrogens with two attached hydrogens (primary N) is 1. The van der Waals surface area contributed by atoms with Crippen LogP contribution >= 0.6 is 12.2 Å². The molecule has 3 N–H and O–H groups in total. The van der Waals surface area contributed by atoms with Gasteiger partial charge in [-0.3, -0.25) is 9.69 Å². The van der Waals surface area contributed by atoms with E-state index in [0.717, 1.165) is 23.7 Å². The van der Waals surface area contributed by atoms with Crippen LogP contribution in [0, 0.1) is 5.92 Å². The minimum atomic E-state index is 0.0608. The van der Waals surface area contributed by atoms with E-state index in [1.54, 1.807) is 0 Å². The molecule has 0 aliphatic heterocycles. The maximum Gasteiger partial charge on any atom is 0.238 e. The van der Waals surface area contributed by atoms with Crippen molar-refractivity contribution in [2.24, 2.45) is 11.7 Å². The van der Waals surface area contributed by atoms with Crippen molar-refractivity contribution in [1.82, 2.24) is 4.90 Å². The van der Waals surface area contributed by atoms with Gasteiger partial charge >= 0.3 is 0 Å². The van der Waals surface area contributed by atoms with Crippen LogP contribution in [0.25, 0.3) is 0 Å². The first-order valence-corrected chi connectivity index (χ1v) is 7.96. The predicted octanol–water partition coefficient (Wildman–Crippen LogP) is 2.13. The second-order valence-corrected chi connectivity index (χ2v) is 6.53. The fourth-order valence-corrected chi connectivity index (χ4v) is 2.65. The molecule has 0 atom stereocenters. The lowest BCUT2D eigenvalue weighted by atomic mass is 10.2. The molecule has 1 amide bonds. The Bertz CT molecular complexity index is 535. The van der Waals surface area contributed by atoms with E-state index < -0.39 is 0 Å². The number of amides is 1. The number of carbonyl (C=O) groups is 1. The zero-order valence-electron chi connectivity index (χ0n) is 12.0. The Balaban J connectivity index is 1.53. The van der Waals surface area contributed by atoms with Crippen LogP contribution in [0.3, 0.4) is 0 Å². The molecule has 4 nitrogen and oxygen atoms in total. The summed E-state index contributed by atoms with van der Waals surface area (Å²) in [6.07, 6.45) is 5.13. The first-order chi connectivity index (χ1) is 10.1. The van der Waals surface area contributed by atoms with Crippen LogP contribution in [-0.4, -0.2) is 34.9 Å². The van der Waals surface area contributed by atoms with Crippen LogP contribution in [0.1, 0.15) is 31.2 Å². The quantitative estimate of drug-likeness (QED) is 0.758. The molecule has 0 bridgehead atoms. The Morgan fingerprint density at radius 3 is 2.43 bits per heavy atom. The molecule has 2 saturated carbocycles. The molecular weight excluding hydrogens is 282 g/mol. The van der Waals surface area contributed by atoms with Crippen LogP contribution in [0.5, 0.6) is 0 Å². The molecule has 0 saturated heterocycles. The number of hydrogen-bond acceptors (Lipinski definition) is 3. The molecule has 0 aromatic heterocycles. The van der Waals surface area contributed by atoms with Gasteiger partial charge in [0.25, 0.3) is 0 Å². The van der Waals surface area contributed by atoms with E-state index in [9.17, 15) is 4.79 Å². The molecule has 0 spiro atoms. The third-order valence-electron chi connectivity index (χ3n) is 4.05. The van der Waals surface area contributed by atoms with E-state index in [2.05, 4.69) is 10.2 Å². The highest BCUT2D eigenvalue weighted by Gasteiger charge is 2.34. The fourth-order valence-electron chi connectivity index (χ4n) is 2.52. The molecule has 0 heterocycles. The molecule has 2 fully saturated rings. The van der Waals surface area contributed by atoms with E-state index in [1.165, 1.54) is 25.7 Å². The lowest BCUT2D eigenvalue weighted by molar-refractivity contribution is -0.117. The molecule has 0 unspecified atom stereocenters. The van der Waals surface area contributed by atoms with Gasteiger partial charge in [0.1, 0.15) is 4.99 Å². The maximum atomic E-state index is 12.2. The Hall–Kier alpha value is -1.46. The van der Waals surface area contributed by atoms with Crippen molar-refractivity contribution in [2.45, 2.75) is 31.7 Å². The van der Waals surface area contributed by atoms with E-state index in [0.29, 0.717) is 17.6 Å². The van der Waals surface area contributed by atoms with E-state index in [-0.39, 0.29) is 5.91 Å². The summed E-state index contributed by atoms with van der Waals surface area (Å²) in [4.78, 5) is 14.9. The van der Waals surface area contributed by atoms with Gasteiger partial charge in [0.05, 0.1) is 6.54 Å². The first-order valence-electron chi connectivity index (χ1n) is 7.55. The lowest BCUT2D eigenvalue weighted by Gasteiger charge is -2.21. The summed E-state index contributed by atoms with van der Waals surface area (Å²) in [6.45, 7) is 1.58. The monoisotopic (exact) mass is 303 g/mol. The normalized spacial score (nSPS) is 17.8. The molecule has 2 aliphatic rings. The van der Waals surface area contributed by atoms with Crippen LogP contribution in [0.4, 0.5) is 5.69 Å². The van der Waals surface area contributed by atoms with Crippen LogP contribution in [0.2, 0.25) is 0 Å². The SMILES string of the molecule is NC(=S)c1ccc(NC(=O)CN(CC2CC2)C2CC2)cc1. The van der Waals surface area contributed by atoms with Gasteiger partial charge in [-0.05, 0) is 55.9 Å². The molecule has 0 radical (unpaired) electrons. The van der Waals surface area contributed by atoms with E-state index in [1.807, 2.05) is 24.3 Å². The van der Waals surface area contributed by atoms with Crippen molar-refractivity contribution in [3.63, 3.8) is 0 Å². The highest BCUT2D eigenvalue weighted by molar-refractivity contribution is 7.80. The highest BCUT2D eigenvalue weighted by Crippen LogP contribution is 2.34. The van der Waals surface area contributed by atoms with Crippen molar-refractivity contribution in [2.75, 3.05) is 18.4 Å². The number of benzene rings is 1. The van der Waals surface area contributed by atoms with Crippen molar-refractivity contribution in [1.29, 1.82) is 0 Å². The molecule has 112 valence electrons. The Morgan fingerprint density at radius 1 is 1.24 bits per heavy atom. The summed E-state index contributed by atoms with van der Waals surface area (Å²) in [7, 11) is 0. The lowest BCUT2D eigenvalue weighted by Crippen LogP contribution is -2.36. The summed E-state index contributed by atoms with van der Waals surface area (Å²) in [6, 6.07) is 7.99. The number of anilines is 1. The predicted molar refractivity (Wildman–Crippen MR) is 88.3 cm³/mol. The number of nitrogens with zero attached hydrogens (tertiary/aromatic N) is 1. The minimum Gasteiger partial charge on any atom is -0.389 e. The molecule has 2 aliphatic carbocycles. The second kappa shape index (κ2) is 6.12. The minimum absolute atomic E-state index is 0.0608. The van der Waals surface area contributed by atoms with Gasteiger partial charge < -0.3 is 11.1 Å². The third kappa shape index (κ3) is 4.25. The van der Waals surface area contributed by atoms with Crippen LogP contribution in [-0.2, 0) is 4.79 Å². The molecule has 1 aromatic carbocycles. The summed E-state index contributed by atoms with van der Waals surface area (Å²) < 4.78 is 0.